The number of para-hydroxylation sites is 1. The lowest BCUT2D eigenvalue weighted by Crippen LogP contribution is -2.46. The molecule has 1 heterocycles. The summed E-state index contributed by atoms with van der Waals surface area (Å²) >= 11 is 0. The van der Waals surface area contributed by atoms with E-state index >= 15 is 0 Å². The van der Waals surface area contributed by atoms with Gasteiger partial charge in [0.2, 0.25) is 5.91 Å². The molecule has 4 rings (SSSR count). The van der Waals surface area contributed by atoms with Crippen LogP contribution in [0.3, 0.4) is 0 Å². The third-order valence-electron chi connectivity index (χ3n) is 5.50. The van der Waals surface area contributed by atoms with Crippen LogP contribution >= 0.6 is 0 Å². The third-order valence-corrected chi connectivity index (χ3v) is 5.50. The number of nitriles is 1. The lowest BCUT2D eigenvalue weighted by atomic mass is 10.0. The Morgan fingerprint density at radius 3 is 2.61 bits per heavy atom. The summed E-state index contributed by atoms with van der Waals surface area (Å²) < 4.78 is 7.31. The molecule has 9 nitrogen and oxygen atoms in total. The molecule has 9 heteroatoms. The Labute approximate surface area is 209 Å². The average Bonchev–Trinajstić information content (AvgIpc) is 3.44. The largest absolute Gasteiger partial charge is 0.374 e. The minimum Gasteiger partial charge on any atom is -0.374 e. The Hall–Kier alpha value is -4.55. The molecule has 0 aliphatic rings. The van der Waals surface area contributed by atoms with Gasteiger partial charge in [-0.1, -0.05) is 60.2 Å². The van der Waals surface area contributed by atoms with Crippen molar-refractivity contribution in [3.63, 3.8) is 0 Å². The van der Waals surface area contributed by atoms with E-state index in [0.29, 0.717) is 6.42 Å². The van der Waals surface area contributed by atoms with Crippen molar-refractivity contribution in [2.75, 3.05) is 11.9 Å². The number of ether oxygens (including phenoxy) is 1. The van der Waals surface area contributed by atoms with Gasteiger partial charge in [-0.15, -0.1) is 5.10 Å². The second-order valence-electron chi connectivity index (χ2n) is 8.39. The predicted molar refractivity (Wildman–Crippen MR) is 135 cm³/mol. The first-order valence-corrected chi connectivity index (χ1v) is 11.6. The standard InChI is InChI=1S/C27H27N7O2/c1-20-7-5-8-21(13-20)15-26(30-23-10-3-2-4-11-23)27(35)31-24(16-28)18-36-17-22-9-6-12-25(14-22)34-19-29-32-33-34/h2-14,19,24,26,30H,15,17-18H2,1H3,(H,31,35)/t24-,26+/m1/s1. The molecule has 3 aromatic carbocycles. The molecule has 182 valence electrons. The van der Waals surface area contributed by atoms with Gasteiger partial charge >= 0.3 is 0 Å². The molecule has 2 atom stereocenters. The number of hydrogen-bond donors (Lipinski definition) is 2. The van der Waals surface area contributed by atoms with Gasteiger partial charge in [0.15, 0.2) is 0 Å². The molecule has 0 aliphatic carbocycles. The van der Waals surface area contributed by atoms with E-state index in [9.17, 15) is 10.1 Å². The molecule has 0 saturated carbocycles. The van der Waals surface area contributed by atoms with Crippen molar-refractivity contribution in [1.82, 2.24) is 25.5 Å². The third kappa shape index (κ3) is 6.98. The van der Waals surface area contributed by atoms with Crippen LogP contribution in [0.4, 0.5) is 5.69 Å². The van der Waals surface area contributed by atoms with Crippen molar-refractivity contribution in [3.8, 4) is 11.8 Å². The molecular weight excluding hydrogens is 454 g/mol. The summed E-state index contributed by atoms with van der Waals surface area (Å²) in [5, 5.41) is 26.9. The molecular formula is C27H27N7O2. The Kier molecular flexibility index (Phi) is 8.35. The molecule has 2 N–H and O–H groups in total. The van der Waals surface area contributed by atoms with E-state index in [4.69, 9.17) is 4.74 Å². The minimum atomic E-state index is -0.794. The van der Waals surface area contributed by atoms with Gasteiger partial charge < -0.3 is 15.4 Å². The van der Waals surface area contributed by atoms with E-state index in [1.165, 1.54) is 6.33 Å². The van der Waals surface area contributed by atoms with Crippen LogP contribution in [-0.4, -0.2) is 44.8 Å². The second kappa shape index (κ2) is 12.2. The van der Waals surface area contributed by atoms with Crippen LogP contribution in [0.1, 0.15) is 16.7 Å². The van der Waals surface area contributed by atoms with E-state index in [0.717, 1.165) is 28.1 Å². The Morgan fingerprint density at radius 1 is 1.06 bits per heavy atom. The highest BCUT2D eigenvalue weighted by Crippen LogP contribution is 2.14. The monoisotopic (exact) mass is 481 g/mol. The number of rotatable bonds is 11. The number of carbonyl (C=O) groups is 1. The fourth-order valence-electron chi connectivity index (χ4n) is 3.77. The zero-order valence-electron chi connectivity index (χ0n) is 19.9. The van der Waals surface area contributed by atoms with E-state index in [2.05, 4.69) is 38.3 Å². The fourth-order valence-corrected chi connectivity index (χ4v) is 3.77. The minimum absolute atomic E-state index is 0.0554. The van der Waals surface area contributed by atoms with Crippen molar-refractivity contribution >= 4 is 11.6 Å². The van der Waals surface area contributed by atoms with Gasteiger partial charge in [-0.25, -0.2) is 4.68 Å². The Bertz CT molecular complexity index is 1300. The number of nitrogens with one attached hydrogen (secondary N) is 2. The number of aromatic nitrogens is 4. The summed E-state index contributed by atoms with van der Waals surface area (Å²) in [6, 6.07) is 25.9. The molecule has 0 unspecified atom stereocenters. The fraction of sp³-hybridized carbons (Fsp3) is 0.222. The van der Waals surface area contributed by atoms with Crippen LogP contribution in [-0.2, 0) is 22.6 Å². The van der Waals surface area contributed by atoms with Crippen molar-refractivity contribution in [2.45, 2.75) is 32.0 Å². The highest BCUT2D eigenvalue weighted by Gasteiger charge is 2.22. The number of benzene rings is 3. The van der Waals surface area contributed by atoms with Gasteiger partial charge in [0.25, 0.3) is 0 Å². The Morgan fingerprint density at radius 2 is 1.86 bits per heavy atom. The highest BCUT2D eigenvalue weighted by molar-refractivity contribution is 5.85. The maximum absolute atomic E-state index is 13.2. The molecule has 1 amide bonds. The van der Waals surface area contributed by atoms with Crippen LogP contribution in [0.15, 0.2) is 85.2 Å². The smallest absolute Gasteiger partial charge is 0.243 e. The number of anilines is 1. The molecule has 0 fully saturated rings. The van der Waals surface area contributed by atoms with Gasteiger partial charge in [-0.3, -0.25) is 4.79 Å². The first-order chi connectivity index (χ1) is 17.6. The number of hydrogen-bond acceptors (Lipinski definition) is 7. The van der Waals surface area contributed by atoms with Gasteiger partial charge in [0, 0.05) is 12.1 Å². The molecule has 36 heavy (non-hydrogen) atoms. The van der Waals surface area contributed by atoms with Gasteiger partial charge in [-0.05, 0) is 52.7 Å². The summed E-state index contributed by atoms with van der Waals surface area (Å²) in [6.07, 6.45) is 1.99. The zero-order valence-corrected chi connectivity index (χ0v) is 19.9. The first-order valence-electron chi connectivity index (χ1n) is 11.6. The number of carbonyl (C=O) groups excluding carboxylic acids is 1. The number of nitrogens with zero attached hydrogens (tertiary/aromatic N) is 5. The zero-order chi connectivity index (χ0) is 25.2. The number of tetrazole rings is 1. The maximum atomic E-state index is 13.2. The van der Waals surface area contributed by atoms with Crippen LogP contribution in [0, 0.1) is 18.3 Å². The van der Waals surface area contributed by atoms with Gasteiger partial charge in [0.1, 0.15) is 18.4 Å². The van der Waals surface area contributed by atoms with Crippen molar-refractivity contribution in [1.29, 1.82) is 5.26 Å². The van der Waals surface area contributed by atoms with Crippen LogP contribution in [0.2, 0.25) is 0 Å². The van der Waals surface area contributed by atoms with E-state index < -0.39 is 12.1 Å². The van der Waals surface area contributed by atoms with Crippen molar-refractivity contribution < 1.29 is 9.53 Å². The van der Waals surface area contributed by atoms with E-state index in [1.807, 2.05) is 79.7 Å². The highest BCUT2D eigenvalue weighted by atomic mass is 16.5. The molecule has 0 saturated heterocycles. The van der Waals surface area contributed by atoms with Gasteiger partial charge in [0.05, 0.1) is 25.0 Å². The normalized spacial score (nSPS) is 12.3. The molecule has 0 spiro atoms. The average molecular weight is 482 g/mol. The molecule has 0 bridgehead atoms. The summed E-state index contributed by atoms with van der Waals surface area (Å²) in [7, 11) is 0. The predicted octanol–water partition coefficient (Wildman–Crippen LogP) is 3.22. The molecule has 0 aliphatic heterocycles. The topological polar surface area (TPSA) is 118 Å². The molecule has 4 aromatic rings. The number of amides is 1. The lowest BCUT2D eigenvalue weighted by Gasteiger charge is -2.22. The quantitative estimate of drug-likeness (QED) is 0.338. The Balaban J connectivity index is 1.37. The SMILES string of the molecule is Cc1cccc(C[C@H](Nc2ccccc2)C(=O)N[C@H](C#N)COCc2cccc(-n3cnnn3)c2)c1. The van der Waals surface area contributed by atoms with Crippen molar-refractivity contribution in [3.05, 3.63) is 102 Å². The molecule has 0 radical (unpaired) electrons. The maximum Gasteiger partial charge on any atom is 0.243 e. The first kappa shape index (κ1) is 24.6. The number of aryl methyl sites for hydroxylation is 1. The van der Waals surface area contributed by atoms with Crippen LogP contribution < -0.4 is 10.6 Å². The van der Waals surface area contributed by atoms with Crippen LogP contribution in [0.25, 0.3) is 5.69 Å². The second-order valence-corrected chi connectivity index (χ2v) is 8.39. The summed E-state index contributed by atoms with van der Waals surface area (Å²) in [5.74, 6) is -0.267. The van der Waals surface area contributed by atoms with E-state index in [1.54, 1.807) is 4.68 Å². The van der Waals surface area contributed by atoms with Gasteiger partial charge in [-0.2, -0.15) is 5.26 Å². The summed E-state index contributed by atoms with van der Waals surface area (Å²) in [4.78, 5) is 13.2. The lowest BCUT2D eigenvalue weighted by molar-refractivity contribution is -0.122. The summed E-state index contributed by atoms with van der Waals surface area (Å²) in [5.41, 5.74) is 4.69. The summed E-state index contributed by atoms with van der Waals surface area (Å²) in [6.45, 7) is 2.35. The van der Waals surface area contributed by atoms with E-state index in [-0.39, 0.29) is 19.1 Å². The molecule has 1 aromatic heterocycles. The van der Waals surface area contributed by atoms with Crippen LogP contribution in [0.5, 0.6) is 0 Å². The van der Waals surface area contributed by atoms with Crippen molar-refractivity contribution in [2.24, 2.45) is 0 Å².